The highest BCUT2D eigenvalue weighted by Gasteiger charge is 2.54. The number of nitrogens with zero attached hydrogens (tertiary/aromatic N) is 1. The Hall–Kier alpha value is -4.01. The summed E-state index contributed by atoms with van der Waals surface area (Å²) < 4.78 is 17.7. The van der Waals surface area contributed by atoms with Crippen LogP contribution in [0.3, 0.4) is 0 Å². The molecule has 8 nitrogen and oxygen atoms in total. The lowest BCUT2D eigenvalue weighted by Gasteiger charge is -2.45. The number of benzene rings is 3. The molecular weight excluding hydrogens is 474 g/mol. The first-order valence-electron chi connectivity index (χ1n) is 12.2. The van der Waals surface area contributed by atoms with Gasteiger partial charge in [-0.2, -0.15) is 0 Å². The number of carbonyl (C=O) groups excluding carboxylic acids is 3. The van der Waals surface area contributed by atoms with E-state index < -0.39 is 48.4 Å². The van der Waals surface area contributed by atoms with Crippen molar-refractivity contribution in [3.63, 3.8) is 0 Å². The molecule has 3 aromatic rings. The SMILES string of the molecule is O=C(O[C@H]1[C@H](OC(=O)c2ccccc2)[C@@H](OC(=O)c2ccccc2)CN2CC[C@H](O)[C@H]12)c1ccccc1. The first-order chi connectivity index (χ1) is 18.0. The third-order valence-electron chi connectivity index (χ3n) is 6.74. The summed E-state index contributed by atoms with van der Waals surface area (Å²) in [4.78, 5) is 41.1. The van der Waals surface area contributed by atoms with Gasteiger partial charge in [-0.25, -0.2) is 14.4 Å². The van der Waals surface area contributed by atoms with E-state index in [0.717, 1.165) is 0 Å². The molecule has 8 heteroatoms. The predicted molar refractivity (Wildman–Crippen MR) is 133 cm³/mol. The minimum Gasteiger partial charge on any atom is -0.453 e. The van der Waals surface area contributed by atoms with Crippen LogP contribution >= 0.6 is 0 Å². The molecule has 0 spiro atoms. The Morgan fingerprint density at radius 2 is 1.08 bits per heavy atom. The molecule has 0 aromatic heterocycles. The van der Waals surface area contributed by atoms with Gasteiger partial charge >= 0.3 is 17.9 Å². The van der Waals surface area contributed by atoms with Gasteiger partial charge in [0.25, 0.3) is 0 Å². The van der Waals surface area contributed by atoms with Crippen molar-refractivity contribution < 1.29 is 33.7 Å². The molecule has 190 valence electrons. The van der Waals surface area contributed by atoms with Crippen LogP contribution in [0.4, 0.5) is 0 Å². The molecule has 0 aliphatic carbocycles. The molecule has 2 saturated heterocycles. The molecule has 3 aromatic carbocycles. The van der Waals surface area contributed by atoms with Gasteiger partial charge in [-0.15, -0.1) is 0 Å². The second-order valence-electron chi connectivity index (χ2n) is 9.12. The number of fused-ring (bicyclic) bond motifs is 1. The minimum absolute atomic E-state index is 0.215. The zero-order valence-electron chi connectivity index (χ0n) is 20.0. The van der Waals surface area contributed by atoms with Crippen molar-refractivity contribution in [3.8, 4) is 0 Å². The van der Waals surface area contributed by atoms with Gasteiger partial charge in [-0.05, 0) is 42.8 Å². The smallest absolute Gasteiger partial charge is 0.338 e. The van der Waals surface area contributed by atoms with E-state index in [1.165, 1.54) is 0 Å². The highest BCUT2D eigenvalue weighted by molar-refractivity contribution is 5.91. The molecule has 0 unspecified atom stereocenters. The molecule has 0 radical (unpaired) electrons. The van der Waals surface area contributed by atoms with Crippen LogP contribution in [0.15, 0.2) is 91.0 Å². The fraction of sp³-hybridized carbons (Fsp3) is 0.276. The van der Waals surface area contributed by atoms with Crippen molar-refractivity contribution in [2.45, 2.75) is 36.9 Å². The number of hydrogen-bond acceptors (Lipinski definition) is 8. The van der Waals surface area contributed by atoms with Crippen LogP contribution in [0.25, 0.3) is 0 Å². The molecule has 0 bridgehead atoms. The Morgan fingerprint density at radius 3 is 1.57 bits per heavy atom. The molecule has 1 N–H and O–H groups in total. The fourth-order valence-corrected chi connectivity index (χ4v) is 4.94. The Kier molecular flexibility index (Phi) is 7.30. The number of hydrogen-bond donors (Lipinski definition) is 1. The van der Waals surface area contributed by atoms with Gasteiger partial charge in [0.1, 0.15) is 0 Å². The molecule has 2 aliphatic heterocycles. The molecule has 0 amide bonds. The molecular formula is C29H27NO7. The maximum atomic E-state index is 13.1. The summed E-state index contributed by atoms with van der Waals surface area (Å²) in [5, 5.41) is 10.8. The molecule has 5 rings (SSSR count). The maximum Gasteiger partial charge on any atom is 0.338 e. The molecule has 2 fully saturated rings. The van der Waals surface area contributed by atoms with Crippen LogP contribution in [0.5, 0.6) is 0 Å². The quantitative estimate of drug-likeness (QED) is 0.406. The van der Waals surface area contributed by atoms with Crippen molar-refractivity contribution in [1.29, 1.82) is 0 Å². The van der Waals surface area contributed by atoms with E-state index in [-0.39, 0.29) is 6.54 Å². The van der Waals surface area contributed by atoms with Crippen LogP contribution in [-0.2, 0) is 14.2 Å². The second kappa shape index (κ2) is 10.9. The van der Waals surface area contributed by atoms with Gasteiger partial charge < -0.3 is 19.3 Å². The van der Waals surface area contributed by atoms with E-state index in [9.17, 15) is 19.5 Å². The van der Waals surface area contributed by atoms with Crippen molar-refractivity contribution in [2.75, 3.05) is 13.1 Å². The summed E-state index contributed by atoms with van der Waals surface area (Å²) in [5.41, 5.74) is 0.966. The molecule has 37 heavy (non-hydrogen) atoms. The Bertz CT molecular complexity index is 1230. The number of rotatable bonds is 6. The van der Waals surface area contributed by atoms with E-state index in [1.807, 2.05) is 4.90 Å². The third kappa shape index (κ3) is 5.40. The summed E-state index contributed by atoms with van der Waals surface area (Å²) >= 11 is 0. The minimum atomic E-state index is -1.14. The zero-order chi connectivity index (χ0) is 25.8. The lowest BCUT2D eigenvalue weighted by Crippen LogP contribution is -2.64. The number of aliphatic hydroxyl groups excluding tert-OH is 1. The summed E-state index contributed by atoms with van der Waals surface area (Å²) in [6.45, 7) is 0.733. The second-order valence-corrected chi connectivity index (χ2v) is 9.12. The normalized spacial score (nSPS) is 25.1. The average molecular weight is 502 g/mol. The summed E-state index contributed by atoms with van der Waals surface area (Å²) in [7, 11) is 0. The standard InChI is InChI=1S/C29H27NO7/c31-22-16-17-30-18-23(35-27(32)19-10-4-1-5-11-19)25(36-28(33)20-12-6-2-7-13-20)26(24(22)30)37-29(34)21-14-8-3-9-15-21/h1-15,22-26,31H,16-18H2/t22-,23-,24+,25+,26+/m0/s1. The van der Waals surface area contributed by atoms with Crippen LogP contribution in [-0.4, -0.2) is 71.5 Å². The van der Waals surface area contributed by atoms with Gasteiger partial charge in [-0.1, -0.05) is 54.6 Å². The molecule has 5 atom stereocenters. The lowest BCUT2D eigenvalue weighted by molar-refractivity contribution is -0.149. The van der Waals surface area contributed by atoms with E-state index in [1.54, 1.807) is 91.0 Å². The Morgan fingerprint density at radius 1 is 0.649 bits per heavy atom. The summed E-state index contributed by atoms with van der Waals surface area (Å²) in [6, 6.07) is 24.7. The summed E-state index contributed by atoms with van der Waals surface area (Å²) in [5.74, 6) is -1.86. The number of ether oxygens (including phenoxy) is 3. The van der Waals surface area contributed by atoms with Crippen molar-refractivity contribution in [2.24, 2.45) is 0 Å². The largest absolute Gasteiger partial charge is 0.453 e. The Labute approximate surface area is 214 Å². The predicted octanol–water partition coefficient (Wildman–Crippen LogP) is 3.11. The van der Waals surface area contributed by atoms with E-state index in [0.29, 0.717) is 29.7 Å². The van der Waals surface area contributed by atoms with Crippen LogP contribution < -0.4 is 0 Å². The van der Waals surface area contributed by atoms with Gasteiger partial charge in [0.05, 0.1) is 28.8 Å². The number of carbonyl (C=O) groups is 3. The highest BCUT2D eigenvalue weighted by Crippen LogP contribution is 2.34. The van der Waals surface area contributed by atoms with Crippen LogP contribution in [0.2, 0.25) is 0 Å². The van der Waals surface area contributed by atoms with Crippen molar-refractivity contribution in [3.05, 3.63) is 108 Å². The topological polar surface area (TPSA) is 102 Å². The van der Waals surface area contributed by atoms with Crippen LogP contribution in [0, 0.1) is 0 Å². The van der Waals surface area contributed by atoms with Crippen molar-refractivity contribution >= 4 is 17.9 Å². The van der Waals surface area contributed by atoms with E-state index in [4.69, 9.17) is 14.2 Å². The molecule has 2 aliphatic rings. The monoisotopic (exact) mass is 501 g/mol. The van der Waals surface area contributed by atoms with Crippen molar-refractivity contribution in [1.82, 2.24) is 4.90 Å². The average Bonchev–Trinajstić information content (AvgIpc) is 3.31. The zero-order valence-corrected chi connectivity index (χ0v) is 20.0. The van der Waals surface area contributed by atoms with Gasteiger partial charge in [-0.3, -0.25) is 4.90 Å². The van der Waals surface area contributed by atoms with E-state index in [2.05, 4.69) is 0 Å². The fourth-order valence-electron chi connectivity index (χ4n) is 4.94. The van der Waals surface area contributed by atoms with Gasteiger partial charge in [0, 0.05) is 13.1 Å². The molecule has 0 saturated carbocycles. The Balaban J connectivity index is 1.48. The van der Waals surface area contributed by atoms with E-state index >= 15 is 0 Å². The molecule has 2 heterocycles. The first kappa shape index (κ1) is 24.7. The number of esters is 3. The van der Waals surface area contributed by atoms with Gasteiger partial charge in [0.15, 0.2) is 18.3 Å². The summed E-state index contributed by atoms with van der Waals surface area (Å²) in [6.07, 6.45) is -3.50. The highest BCUT2D eigenvalue weighted by atomic mass is 16.6. The maximum absolute atomic E-state index is 13.1. The first-order valence-corrected chi connectivity index (χ1v) is 12.2. The lowest BCUT2D eigenvalue weighted by atomic mass is 9.92. The van der Waals surface area contributed by atoms with Gasteiger partial charge in [0.2, 0.25) is 0 Å². The number of aliphatic hydroxyl groups is 1. The third-order valence-corrected chi connectivity index (χ3v) is 6.74. The number of piperidine rings is 1. The van der Waals surface area contributed by atoms with Crippen LogP contribution in [0.1, 0.15) is 37.5 Å².